The Morgan fingerprint density at radius 3 is 2.04 bits per heavy atom. The lowest BCUT2D eigenvalue weighted by Crippen LogP contribution is -2.12. The fourth-order valence-electron chi connectivity index (χ4n) is 2.60. The molecule has 128 valence electrons. The van der Waals surface area contributed by atoms with E-state index in [1.54, 1.807) is 7.05 Å². The molecule has 0 saturated heterocycles. The molecule has 2 aromatic rings. The second-order valence-corrected chi connectivity index (χ2v) is 5.97. The number of amidine groups is 1. The van der Waals surface area contributed by atoms with Gasteiger partial charge in [-0.3, -0.25) is 4.99 Å². The zero-order valence-corrected chi connectivity index (χ0v) is 14.8. The molecule has 3 heteroatoms. The first-order valence-electron chi connectivity index (χ1n) is 8.80. The molecule has 2 aromatic carbocycles. The van der Waals surface area contributed by atoms with Crippen LogP contribution in [0, 0.1) is 0 Å². The molecule has 0 heterocycles. The van der Waals surface area contributed by atoms with Crippen LogP contribution in [0.5, 0.6) is 5.75 Å². The Morgan fingerprint density at radius 1 is 0.875 bits per heavy atom. The Balaban J connectivity index is 1.87. The van der Waals surface area contributed by atoms with Gasteiger partial charge in [-0.15, -0.1) is 0 Å². The van der Waals surface area contributed by atoms with Crippen LogP contribution >= 0.6 is 0 Å². The zero-order chi connectivity index (χ0) is 17.2. The van der Waals surface area contributed by atoms with Crippen LogP contribution in [0.15, 0.2) is 53.5 Å². The van der Waals surface area contributed by atoms with Crippen LogP contribution in [0.3, 0.4) is 0 Å². The summed E-state index contributed by atoms with van der Waals surface area (Å²) in [5.41, 5.74) is 9.10. The number of aliphatic imine (C=N–C) groups is 1. The van der Waals surface area contributed by atoms with E-state index in [-0.39, 0.29) is 0 Å². The summed E-state index contributed by atoms with van der Waals surface area (Å²) in [6, 6.07) is 16.4. The summed E-state index contributed by atoms with van der Waals surface area (Å²) in [7, 11) is 1.70. The summed E-state index contributed by atoms with van der Waals surface area (Å²) in [4.78, 5) is 4.00. The van der Waals surface area contributed by atoms with Crippen molar-refractivity contribution in [2.45, 2.75) is 39.0 Å². The van der Waals surface area contributed by atoms with Crippen molar-refractivity contribution in [2.75, 3.05) is 13.7 Å². The second-order valence-electron chi connectivity index (χ2n) is 5.97. The van der Waals surface area contributed by atoms with Crippen molar-refractivity contribution >= 4 is 5.84 Å². The molecule has 2 rings (SSSR count). The highest BCUT2D eigenvalue weighted by atomic mass is 16.5. The van der Waals surface area contributed by atoms with Gasteiger partial charge in [0.1, 0.15) is 11.6 Å². The van der Waals surface area contributed by atoms with Crippen molar-refractivity contribution in [3.05, 3.63) is 54.1 Å². The van der Waals surface area contributed by atoms with Crippen molar-refractivity contribution in [2.24, 2.45) is 10.7 Å². The minimum absolute atomic E-state index is 0.559. The third-order valence-corrected chi connectivity index (χ3v) is 4.13. The average molecular weight is 324 g/mol. The Kier molecular flexibility index (Phi) is 7.34. The van der Waals surface area contributed by atoms with Crippen LogP contribution in [-0.2, 0) is 0 Å². The van der Waals surface area contributed by atoms with E-state index in [1.807, 2.05) is 24.3 Å². The second kappa shape index (κ2) is 9.76. The maximum absolute atomic E-state index is 5.82. The number of nitrogens with two attached hydrogens (primary N) is 1. The van der Waals surface area contributed by atoms with E-state index in [0.717, 1.165) is 29.9 Å². The molecule has 0 saturated carbocycles. The number of benzene rings is 2. The molecule has 0 aliphatic carbocycles. The van der Waals surface area contributed by atoms with E-state index in [0.29, 0.717) is 5.84 Å². The third-order valence-electron chi connectivity index (χ3n) is 4.13. The van der Waals surface area contributed by atoms with Crippen LogP contribution < -0.4 is 10.5 Å². The molecule has 2 N–H and O–H groups in total. The molecule has 0 fully saturated rings. The smallest absolute Gasteiger partial charge is 0.125 e. The third kappa shape index (κ3) is 5.41. The zero-order valence-electron chi connectivity index (χ0n) is 14.8. The quantitative estimate of drug-likeness (QED) is 0.399. The van der Waals surface area contributed by atoms with Gasteiger partial charge >= 0.3 is 0 Å². The van der Waals surface area contributed by atoms with Crippen molar-refractivity contribution in [3.63, 3.8) is 0 Å². The predicted molar refractivity (Wildman–Crippen MR) is 103 cm³/mol. The first kappa shape index (κ1) is 18.1. The maximum Gasteiger partial charge on any atom is 0.125 e. The summed E-state index contributed by atoms with van der Waals surface area (Å²) >= 11 is 0. The molecule has 0 spiro atoms. The number of ether oxygens (including phenoxy) is 1. The Bertz CT molecular complexity index is 630. The minimum atomic E-state index is 0.559. The average Bonchev–Trinajstić information content (AvgIpc) is 2.64. The number of hydrogen-bond donors (Lipinski definition) is 1. The van der Waals surface area contributed by atoms with Crippen LogP contribution in [0.4, 0.5) is 0 Å². The predicted octanol–water partition coefficient (Wildman–Crippen LogP) is 5.04. The summed E-state index contributed by atoms with van der Waals surface area (Å²) < 4.78 is 5.81. The number of unbranched alkanes of at least 4 members (excludes halogenated alkanes) is 4. The molecule has 24 heavy (non-hydrogen) atoms. The maximum atomic E-state index is 5.82. The molecule has 0 atom stereocenters. The minimum Gasteiger partial charge on any atom is -0.494 e. The molecule has 0 amide bonds. The summed E-state index contributed by atoms with van der Waals surface area (Å²) in [5, 5.41) is 0. The van der Waals surface area contributed by atoms with Crippen LogP contribution in [-0.4, -0.2) is 19.5 Å². The van der Waals surface area contributed by atoms with Gasteiger partial charge in [0, 0.05) is 12.6 Å². The first-order chi connectivity index (χ1) is 11.7. The lowest BCUT2D eigenvalue weighted by molar-refractivity contribution is 0.304. The highest BCUT2D eigenvalue weighted by molar-refractivity contribution is 5.97. The lowest BCUT2D eigenvalue weighted by Gasteiger charge is -2.08. The first-order valence-corrected chi connectivity index (χ1v) is 8.80. The van der Waals surface area contributed by atoms with Crippen LogP contribution in [0.1, 0.15) is 44.6 Å². The number of nitrogens with zero attached hydrogens (tertiary/aromatic N) is 1. The molecular formula is C21H28N2O. The fraction of sp³-hybridized carbons (Fsp3) is 0.381. The Morgan fingerprint density at radius 2 is 1.46 bits per heavy atom. The molecule has 0 aromatic heterocycles. The normalized spacial score (nSPS) is 11.5. The topological polar surface area (TPSA) is 47.6 Å². The van der Waals surface area contributed by atoms with Gasteiger partial charge in [0.25, 0.3) is 0 Å². The highest BCUT2D eigenvalue weighted by Gasteiger charge is 2.01. The van der Waals surface area contributed by atoms with Gasteiger partial charge in [-0.2, -0.15) is 0 Å². The Hall–Kier alpha value is -2.29. The van der Waals surface area contributed by atoms with Gasteiger partial charge in [-0.1, -0.05) is 69.0 Å². The van der Waals surface area contributed by atoms with Crippen molar-refractivity contribution < 1.29 is 4.74 Å². The fourth-order valence-corrected chi connectivity index (χ4v) is 2.60. The van der Waals surface area contributed by atoms with Crippen LogP contribution in [0.2, 0.25) is 0 Å². The molecule has 3 nitrogen and oxygen atoms in total. The molecule has 0 radical (unpaired) electrons. The lowest BCUT2D eigenvalue weighted by atomic mass is 10.0. The van der Waals surface area contributed by atoms with Gasteiger partial charge in [-0.05, 0) is 29.7 Å². The molecule has 0 unspecified atom stereocenters. The largest absolute Gasteiger partial charge is 0.494 e. The summed E-state index contributed by atoms with van der Waals surface area (Å²) in [6.45, 7) is 3.03. The molecule has 0 aliphatic rings. The van der Waals surface area contributed by atoms with E-state index in [4.69, 9.17) is 10.5 Å². The van der Waals surface area contributed by atoms with Gasteiger partial charge in [0.15, 0.2) is 0 Å². The Labute approximate surface area is 145 Å². The van der Waals surface area contributed by atoms with E-state index in [1.165, 1.54) is 31.2 Å². The van der Waals surface area contributed by atoms with Gasteiger partial charge in [0.05, 0.1) is 6.61 Å². The summed E-state index contributed by atoms with van der Waals surface area (Å²) in [6.07, 6.45) is 6.29. The van der Waals surface area contributed by atoms with Gasteiger partial charge in [0.2, 0.25) is 0 Å². The van der Waals surface area contributed by atoms with E-state index in [9.17, 15) is 0 Å². The monoisotopic (exact) mass is 324 g/mol. The molecule has 0 bridgehead atoms. The van der Waals surface area contributed by atoms with Crippen molar-refractivity contribution in [3.8, 4) is 16.9 Å². The molecule has 0 aliphatic heterocycles. The summed E-state index contributed by atoms with van der Waals surface area (Å²) in [5.74, 6) is 1.50. The van der Waals surface area contributed by atoms with Crippen LogP contribution in [0.25, 0.3) is 11.1 Å². The van der Waals surface area contributed by atoms with E-state index in [2.05, 4.69) is 36.2 Å². The van der Waals surface area contributed by atoms with Gasteiger partial charge in [-0.25, -0.2) is 0 Å². The highest BCUT2D eigenvalue weighted by Crippen LogP contribution is 2.23. The number of rotatable bonds is 9. The molecular weight excluding hydrogens is 296 g/mol. The number of hydrogen-bond acceptors (Lipinski definition) is 2. The van der Waals surface area contributed by atoms with Crippen molar-refractivity contribution in [1.82, 2.24) is 0 Å². The van der Waals surface area contributed by atoms with Crippen molar-refractivity contribution in [1.29, 1.82) is 0 Å². The van der Waals surface area contributed by atoms with E-state index >= 15 is 0 Å². The van der Waals surface area contributed by atoms with E-state index < -0.39 is 0 Å². The standard InChI is InChI=1S/C21H28N2O/c1-3-4-5-6-7-16-24-20-14-12-18(13-15-20)17-8-10-19(11-9-17)21(22)23-2/h8-15H,3-7,16H2,1-2H3,(H2,22,23). The SMILES string of the molecule is CCCCCCCOc1ccc(-c2ccc(C(N)=NC)cc2)cc1. The van der Waals surface area contributed by atoms with Gasteiger partial charge < -0.3 is 10.5 Å².